The van der Waals surface area contributed by atoms with E-state index in [4.69, 9.17) is 4.74 Å². The van der Waals surface area contributed by atoms with Crippen molar-refractivity contribution in [3.63, 3.8) is 0 Å². The molecule has 1 saturated heterocycles. The summed E-state index contributed by atoms with van der Waals surface area (Å²) in [5.74, 6) is 0.476. The summed E-state index contributed by atoms with van der Waals surface area (Å²) in [6, 6.07) is 15.8. The number of rotatable bonds is 4. The lowest BCUT2D eigenvalue weighted by atomic mass is 10.2. The Bertz CT molecular complexity index is 843. The molecule has 0 aliphatic carbocycles. The molecular formula is C19H22N2O4S. The first kappa shape index (κ1) is 18.4. The van der Waals surface area contributed by atoms with Crippen molar-refractivity contribution in [2.24, 2.45) is 0 Å². The van der Waals surface area contributed by atoms with Crippen LogP contribution in [0.5, 0.6) is 5.75 Å². The number of aryl methyl sites for hydroxylation is 1. The highest BCUT2D eigenvalue weighted by molar-refractivity contribution is 7.89. The molecule has 0 saturated carbocycles. The summed E-state index contributed by atoms with van der Waals surface area (Å²) in [5.41, 5.74) is 1.09. The van der Waals surface area contributed by atoms with Crippen molar-refractivity contribution in [3.05, 3.63) is 60.2 Å². The highest BCUT2D eigenvalue weighted by atomic mass is 32.2. The van der Waals surface area contributed by atoms with E-state index in [1.807, 2.05) is 25.1 Å². The van der Waals surface area contributed by atoms with Gasteiger partial charge in [0.25, 0.3) is 0 Å². The molecule has 0 atom stereocenters. The Morgan fingerprint density at radius 2 is 1.58 bits per heavy atom. The summed E-state index contributed by atoms with van der Waals surface area (Å²) in [5, 5.41) is 0. The van der Waals surface area contributed by atoms with Crippen molar-refractivity contribution >= 4 is 16.1 Å². The van der Waals surface area contributed by atoms with Crippen molar-refractivity contribution in [1.82, 2.24) is 9.21 Å². The van der Waals surface area contributed by atoms with Gasteiger partial charge >= 0.3 is 6.09 Å². The average molecular weight is 374 g/mol. The lowest BCUT2D eigenvalue weighted by molar-refractivity contribution is 0.132. The molecule has 1 heterocycles. The van der Waals surface area contributed by atoms with Crippen molar-refractivity contribution in [1.29, 1.82) is 0 Å². The summed E-state index contributed by atoms with van der Waals surface area (Å²) in [6.45, 7) is 3.14. The standard InChI is InChI=1S/C19H22N2O4S/c1-2-16-8-10-18(11-9-16)26(23,24)21-14-12-20(13-15-21)19(22)25-17-6-4-3-5-7-17/h3-11H,2,12-15H2,1H3. The van der Waals surface area contributed by atoms with E-state index in [1.165, 1.54) is 9.21 Å². The Morgan fingerprint density at radius 3 is 2.15 bits per heavy atom. The summed E-state index contributed by atoms with van der Waals surface area (Å²) >= 11 is 0. The maximum Gasteiger partial charge on any atom is 0.415 e. The number of nitrogens with zero attached hydrogens (tertiary/aromatic N) is 2. The number of amides is 1. The highest BCUT2D eigenvalue weighted by Crippen LogP contribution is 2.19. The zero-order valence-corrected chi connectivity index (χ0v) is 15.5. The van der Waals surface area contributed by atoms with Gasteiger partial charge < -0.3 is 9.64 Å². The highest BCUT2D eigenvalue weighted by Gasteiger charge is 2.30. The fourth-order valence-corrected chi connectivity index (χ4v) is 4.23. The van der Waals surface area contributed by atoms with Gasteiger partial charge in [-0.3, -0.25) is 0 Å². The van der Waals surface area contributed by atoms with Crippen LogP contribution in [0.1, 0.15) is 12.5 Å². The molecule has 0 radical (unpaired) electrons. The maximum atomic E-state index is 12.7. The molecule has 138 valence electrons. The lowest BCUT2D eigenvalue weighted by Gasteiger charge is -2.33. The van der Waals surface area contributed by atoms with Crippen molar-refractivity contribution in [2.45, 2.75) is 18.2 Å². The van der Waals surface area contributed by atoms with Gasteiger partial charge in [0.2, 0.25) is 10.0 Å². The summed E-state index contributed by atoms with van der Waals surface area (Å²) in [4.78, 5) is 14.0. The average Bonchev–Trinajstić information content (AvgIpc) is 2.69. The van der Waals surface area contributed by atoms with Crippen LogP contribution >= 0.6 is 0 Å². The molecule has 2 aromatic rings. The van der Waals surface area contributed by atoms with Crippen LogP contribution in [-0.4, -0.2) is 49.9 Å². The number of carbonyl (C=O) groups excluding carboxylic acids is 1. The van der Waals surface area contributed by atoms with E-state index in [9.17, 15) is 13.2 Å². The third kappa shape index (κ3) is 4.05. The Kier molecular flexibility index (Phi) is 5.58. The lowest BCUT2D eigenvalue weighted by Crippen LogP contribution is -2.51. The number of benzene rings is 2. The van der Waals surface area contributed by atoms with Crippen LogP contribution in [0.4, 0.5) is 4.79 Å². The molecule has 26 heavy (non-hydrogen) atoms. The van der Waals surface area contributed by atoms with E-state index in [0.29, 0.717) is 18.8 Å². The minimum Gasteiger partial charge on any atom is -0.410 e. The zero-order chi connectivity index (χ0) is 18.6. The van der Waals surface area contributed by atoms with Gasteiger partial charge in [0.15, 0.2) is 0 Å². The van der Waals surface area contributed by atoms with Crippen LogP contribution in [0.3, 0.4) is 0 Å². The number of carbonyl (C=O) groups is 1. The molecule has 2 aromatic carbocycles. The van der Waals surface area contributed by atoms with Gasteiger partial charge in [-0.2, -0.15) is 4.31 Å². The number of para-hydroxylation sites is 1. The molecule has 0 unspecified atom stereocenters. The quantitative estimate of drug-likeness (QED) is 0.825. The molecule has 1 aliphatic heterocycles. The molecule has 0 spiro atoms. The molecule has 6 nitrogen and oxygen atoms in total. The fraction of sp³-hybridized carbons (Fsp3) is 0.316. The van der Waals surface area contributed by atoms with Crippen LogP contribution in [0.2, 0.25) is 0 Å². The zero-order valence-electron chi connectivity index (χ0n) is 14.7. The monoisotopic (exact) mass is 374 g/mol. The number of sulfonamides is 1. The Labute approximate surface area is 154 Å². The van der Waals surface area contributed by atoms with Crippen molar-refractivity contribution < 1.29 is 17.9 Å². The fourth-order valence-electron chi connectivity index (χ4n) is 2.81. The van der Waals surface area contributed by atoms with Crippen LogP contribution in [0, 0.1) is 0 Å². The Balaban J connectivity index is 1.61. The Morgan fingerprint density at radius 1 is 0.962 bits per heavy atom. The maximum absolute atomic E-state index is 12.7. The third-order valence-electron chi connectivity index (χ3n) is 4.41. The first-order chi connectivity index (χ1) is 12.5. The number of ether oxygens (including phenoxy) is 1. The van der Waals surface area contributed by atoms with Crippen LogP contribution < -0.4 is 4.74 Å². The van der Waals surface area contributed by atoms with E-state index in [2.05, 4.69) is 0 Å². The predicted molar refractivity (Wildman–Crippen MR) is 98.6 cm³/mol. The Hall–Kier alpha value is -2.38. The van der Waals surface area contributed by atoms with Crippen molar-refractivity contribution in [2.75, 3.05) is 26.2 Å². The van der Waals surface area contributed by atoms with E-state index in [1.54, 1.807) is 36.4 Å². The first-order valence-electron chi connectivity index (χ1n) is 8.61. The van der Waals surface area contributed by atoms with Gasteiger partial charge in [-0.1, -0.05) is 37.3 Å². The van der Waals surface area contributed by atoms with Crippen LogP contribution in [0.25, 0.3) is 0 Å². The molecule has 0 bridgehead atoms. The predicted octanol–water partition coefficient (Wildman–Crippen LogP) is 2.75. The number of piperazine rings is 1. The first-order valence-corrected chi connectivity index (χ1v) is 10.1. The van der Waals surface area contributed by atoms with Gasteiger partial charge in [0, 0.05) is 26.2 Å². The third-order valence-corrected chi connectivity index (χ3v) is 6.33. The second-order valence-electron chi connectivity index (χ2n) is 6.07. The summed E-state index contributed by atoms with van der Waals surface area (Å²) < 4.78 is 32.2. The van der Waals surface area contributed by atoms with Gasteiger partial charge in [-0.05, 0) is 36.2 Å². The van der Waals surface area contributed by atoms with E-state index in [0.717, 1.165) is 12.0 Å². The smallest absolute Gasteiger partial charge is 0.410 e. The van der Waals surface area contributed by atoms with Gasteiger partial charge in [0.05, 0.1) is 4.90 Å². The molecule has 3 rings (SSSR count). The second kappa shape index (κ2) is 7.88. The number of hydrogen-bond donors (Lipinski definition) is 0. The van der Waals surface area contributed by atoms with E-state index >= 15 is 0 Å². The molecule has 0 N–H and O–H groups in total. The van der Waals surface area contributed by atoms with Gasteiger partial charge in [-0.15, -0.1) is 0 Å². The molecule has 1 amide bonds. The minimum absolute atomic E-state index is 0.252. The van der Waals surface area contributed by atoms with Gasteiger partial charge in [0.1, 0.15) is 5.75 Å². The largest absolute Gasteiger partial charge is 0.415 e. The van der Waals surface area contributed by atoms with E-state index in [-0.39, 0.29) is 18.0 Å². The summed E-state index contributed by atoms with van der Waals surface area (Å²) in [7, 11) is -3.54. The normalized spacial score (nSPS) is 15.7. The molecule has 1 fully saturated rings. The SMILES string of the molecule is CCc1ccc(S(=O)(=O)N2CCN(C(=O)Oc3ccccc3)CC2)cc1. The van der Waals surface area contributed by atoms with Crippen molar-refractivity contribution in [3.8, 4) is 5.75 Å². The van der Waals surface area contributed by atoms with Crippen LogP contribution in [-0.2, 0) is 16.4 Å². The van der Waals surface area contributed by atoms with E-state index < -0.39 is 16.1 Å². The minimum atomic E-state index is -3.54. The summed E-state index contributed by atoms with van der Waals surface area (Å²) in [6.07, 6.45) is 0.406. The molecule has 7 heteroatoms. The molecule has 1 aliphatic rings. The van der Waals surface area contributed by atoms with Gasteiger partial charge in [-0.25, -0.2) is 13.2 Å². The molecule has 0 aromatic heterocycles. The van der Waals surface area contributed by atoms with Crippen LogP contribution in [0.15, 0.2) is 59.5 Å². The molecular weight excluding hydrogens is 352 g/mol. The number of hydrogen-bond acceptors (Lipinski definition) is 4. The topological polar surface area (TPSA) is 66.9 Å². The second-order valence-corrected chi connectivity index (χ2v) is 8.01.